The van der Waals surface area contributed by atoms with Crippen LogP contribution in [0.4, 0.5) is 0 Å². The van der Waals surface area contributed by atoms with Crippen molar-refractivity contribution in [3.8, 4) is 12.3 Å². The van der Waals surface area contributed by atoms with Gasteiger partial charge in [0.25, 0.3) is 0 Å². The van der Waals surface area contributed by atoms with E-state index in [0.29, 0.717) is 0 Å². The highest BCUT2D eigenvalue weighted by atomic mass is 14.8. The van der Waals surface area contributed by atoms with Gasteiger partial charge in [-0.2, -0.15) is 0 Å². The van der Waals surface area contributed by atoms with Crippen molar-refractivity contribution >= 4 is 11.0 Å². The zero-order valence-electron chi connectivity index (χ0n) is 9.63. The lowest BCUT2D eigenvalue weighted by molar-refractivity contribution is 0.624. The van der Waals surface area contributed by atoms with Crippen LogP contribution in [0.3, 0.4) is 0 Å². The summed E-state index contributed by atoms with van der Waals surface area (Å²) in [6.45, 7) is 0. The minimum Gasteiger partial charge on any atom is -0.324 e. The summed E-state index contributed by atoms with van der Waals surface area (Å²) in [7, 11) is 0. The molecule has 0 saturated carbocycles. The molecule has 17 heavy (non-hydrogen) atoms. The first-order chi connectivity index (χ1) is 8.33. The number of terminal acetylenes is 1. The number of para-hydroxylation sites is 1. The molecule has 1 aromatic heterocycles. The molecule has 0 amide bonds. The number of nitrogens with zero attached hydrogens (tertiary/aromatic N) is 2. The van der Waals surface area contributed by atoms with E-state index in [4.69, 9.17) is 12.2 Å². The van der Waals surface area contributed by atoms with E-state index in [0.717, 1.165) is 35.9 Å². The first kappa shape index (κ1) is 11.6. The van der Waals surface area contributed by atoms with E-state index in [-0.39, 0.29) is 6.04 Å². The van der Waals surface area contributed by atoms with Crippen LogP contribution in [0.5, 0.6) is 0 Å². The van der Waals surface area contributed by atoms with Crippen molar-refractivity contribution in [2.75, 3.05) is 0 Å². The Labute approximate surface area is 101 Å². The van der Waals surface area contributed by atoms with Crippen molar-refractivity contribution in [2.24, 2.45) is 5.73 Å². The fraction of sp³-hybridized carbons (Fsp3) is 0.286. The van der Waals surface area contributed by atoms with Crippen molar-refractivity contribution in [1.82, 2.24) is 9.97 Å². The Morgan fingerprint density at radius 2 is 2.12 bits per heavy atom. The highest BCUT2D eigenvalue weighted by Gasteiger charge is 2.10. The zero-order valence-corrected chi connectivity index (χ0v) is 9.63. The molecule has 3 nitrogen and oxygen atoms in total. The molecule has 1 heterocycles. The summed E-state index contributed by atoms with van der Waals surface area (Å²) in [6.07, 6.45) is 11.2. The van der Waals surface area contributed by atoms with Gasteiger partial charge in [-0.1, -0.05) is 12.1 Å². The van der Waals surface area contributed by atoms with Crippen molar-refractivity contribution in [2.45, 2.75) is 25.3 Å². The third-order valence-electron chi connectivity index (χ3n) is 2.77. The SMILES string of the molecule is C#CCCCC(N)c1cccc2nccnc12. The van der Waals surface area contributed by atoms with Gasteiger partial charge < -0.3 is 5.73 Å². The molecular weight excluding hydrogens is 210 g/mol. The third-order valence-corrected chi connectivity index (χ3v) is 2.77. The van der Waals surface area contributed by atoms with Crippen molar-refractivity contribution in [3.63, 3.8) is 0 Å². The molecule has 0 aliphatic carbocycles. The summed E-state index contributed by atoms with van der Waals surface area (Å²) in [6, 6.07) is 5.90. The topological polar surface area (TPSA) is 51.8 Å². The summed E-state index contributed by atoms with van der Waals surface area (Å²) in [5, 5.41) is 0. The Kier molecular flexibility index (Phi) is 3.69. The van der Waals surface area contributed by atoms with Crippen LogP contribution in [-0.4, -0.2) is 9.97 Å². The summed E-state index contributed by atoms with van der Waals surface area (Å²) in [5.41, 5.74) is 8.99. The van der Waals surface area contributed by atoms with E-state index in [2.05, 4.69) is 15.9 Å². The van der Waals surface area contributed by atoms with E-state index in [1.165, 1.54) is 0 Å². The van der Waals surface area contributed by atoms with E-state index in [1.54, 1.807) is 12.4 Å². The summed E-state index contributed by atoms with van der Waals surface area (Å²) in [5.74, 6) is 2.63. The minimum atomic E-state index is -0.0243. The Morgan fingerprint density at radius 3 is 2.94 bits per heavy atom. The molecule has 0 saturated heterocycles. The third kappa shape index (κ3) is 2.61. The normalized spacial score (nSPS) is 12.2. The molecule has 1 atom stereocenters. The smallest absolute Gasteiger partial charge is 0.0934 e. The number of hydrogen-bond donors (Lipinski definition) is 1. The van der Waals surface area contributed by atoms with Crippen LogP contribution >= 0.6 is 0 Å². The van der Waals surface area contributed by atoms with Gasteiger partial charge in [0.1, 0.15) is 0 Å². The lowest BCUT2D eigenvalue weighted by Gasteiger charge is -2.12. The van der Waals surface area contributed by atoms with Gasteiger partial charge in [0.05, 0.1) is 11.0 Å². The molecule has 0 bridgehead atoms. The number of benzene rings is 1. The predicted octanol–water partition coefficient (Wildman–Crippen LogP) is 2.43. The van der Waals surface area contributed by atoms with Crippen LogP contribution in [0.25, 0.3) is 11.0 Å². The first-order valence-corrected chi connectivity index (χ1v) is 5.71. The monoisotopic (exact) mass is 225 g/mol. The van der Waals surface area contributed by atoms with Crippen LogP contribution in [0.1, 0.15) is 30.9 Å². The largest absolute Gasteiger partial charge is 0.324 e. The maximum Gasteiger partial charge on any atom is 0.0934 e. The fourth-order valence-corrected chi connectivity index (χ4v) is 1.89. The van der Waals surface area contributed by atoms with Gasteiger partial charge in [-0.25, -0.2) is 0 Å². The lowest BCUT2D eigenvalue weighted by atomic mass is 10.0. The highest BCUT2D eigenvalue weighted by Crippen LogP contribution is 2.22. The van der Waals surface area contributed by atoms with Gasteiger partial charge in [-0.05, 0) is 24.5 Å². The standard InChI is InChI=1S/C14H15N3/c1-2-3-4-7-12(15)11-6-5-8-13-14(11)17-10-9-16-13/h1,5-6,8-10,12H,3-4,7,15H2. The van der Waals surface area contributed by atoms with E-state index in [1.807, 2.05) is 18.2 Å². The Hall–Kier alpha value is -1.92. The molecule has 2 rings (SSSR count). The maximum absolute atomic E-state index is 6.17. The molecule has 1 unspecified atom stereocenters. The Morgan fingerprint density at radius 1 is 1.29 bits per heavy atom. The lowest BCUT2D eigenvalue weighted by Crippen LogP contribution is -2.11. The number of aromatic nitrogens is 2. The van der Waals surface area contributed by atoms with Crippen LogP contribution in [0.2, 0.25) is 0 Å². The second kappa shape index (κ2) is 5.42. The predicted molar refractivity (Wildman–Crippen MR) is 69.2 cm³/mol. The molecule has 0 aliphatic rings. The summed E-state index contributed by atoms with van der Waals surface area (Å²) >= 11 is 0. The number of unbranched alkanes of at least 4 members (excludes halogenated alkanes) is 1. The molecule has 2 N–H and O–H groups in total. The second-order valence-electron chi connectivity index (χ2n) is 3.97. The fourth-order valence-electron chi connectivity index (χ4n) is 1.89. The highest BCUT2D eigenvalue weighted by molar-refractivity contribution is 5.77. The number of fused-ring (bicyclic) bond motifs is 1. The molecule has 0 radical (unpaired) electrons. The number of nitrogens with two attached hydrogens (primary N) is 1. The molecule has 0 aliphatic heterocycles. The first-order valence-electron chi connectivity index (χ1n) is 5.71. The molecule has 86 valence electrons. The van der Waals surface area contributed by atoms with Gasteiger partial charge in [-0.3, -0.25) is 9.97 Å². The molecule has 1 aromatic carbocycles. The molecule has 3 heteroatoms. The van der Waals surface area contributed by atoms with Gasteiger partial charge in [-0.15, -0.1) is 12.3 Å². The number of hydrogen-bond acceptors (Lipinski definition) is 3. The van der Waals surface area contributed by atoms with Crippen molar-refractivity contribution in [3.05, 3.63) is 36.2 Å². The minimum absolute atomic E-state index is 0.0243. The number of rotatable bonds is 4. The summed E-state index contributed by atoms with van der Waals surface area (Å²) in [4.78, 5) is 8.62. The average Bonchev–Trinajstić information content (AvgIpc) is 2.38. The molecule has 0 spiro atoms. The van der Waals surface area contributed by atoms with Crippen LogP contribution in [-0.2, 0) is 0 Å². The Bertz CT molecular complexity index is 537. The van der Waals surface area contributed by atoms with Gasteiger partial charge >= 0.3 is 0 Å². The van der Waals surface area contributed by atoms with Crippen molar-refractivity contribution < 1.29 is 0 Å². The molecule has 0 fully saturated rings. The maximum atomic E-state index is 6.17. The summed E-state index contributed by atoms with van der Waals surface area (Å²) < 4.78 is 0. The van der Waals surface area contributed by atoms with Crippen LogP contribution in [0.15, 0.2) is 30.6 Å². The van der Waals surface area contributed by atoms with E-state index < -0.39 is 0 Å². The quantitative estimate of drug-likeness (QED) is 0.642. The molecule has 2 aromatic rings. The second-order valence-corrected chi connectivity index (χ2v) is 3.97. The van der Waals surface area contributed by atoms with Crippen molar-refractivity contribution in [1.29, 1.82) is 0 Å². The average molecular weight is 225 g/mol. The Balaban J connectivity index is 2.26. The zero-order chi connectivity index (χ0) is 12.1. The van der Waals surface area contributed by atoms with E-state index in [9.17, 15) is 0 Å². The van der Waals surface area contributed by atoms with Crippen LogP contribution < -0.4 is 5.73 Å². The van der Waals surface area contributed by atoms with E-state index >= 15 is 0 Å². The van der Waals surface area contributed by atoms with Gasteiger partial charge in [0.2, 0.25) is 0 Å². The van der Waals surface area contributed by atoms with Gasteiger partial charge in [0.15, 0.2) is 0 Å². The van der Waals surface area contributed by atoms with Gasteiger partial charge in [0, 0.05) is 24.9 Å². The van der Waals surface area contributed by atoms with Crippen LogP contribution in [0, 0.1) is 12.3 Å². The molecular formula is C14H15N3.